The van der Waals surface area contributed by atoms with E-state index in [2.05, 4.69) is 56.9 Å². The van der Waals surface area contributed by atoms with Crippen LogP contribution in [0, 0.1) is 6.92 Å². The number of anilines is 2. The van der Waals surface area contributed by atoms with Gasteiger partial charge in [-0.3, -0.25) is 9.69 Å². The average Bonchev–Trinajstić information content (AvgIpc) is 2.88. The van der Waals surface area contributed by atoms with Crippen LogP contribution in [0.25, 0.3) is 0 Å². The maximum atomic E-state index is 13.0. The molecule has 5 rings (SSSR count). The topological polar surface area (TPSA) is 73.2 Å². The predicted molar refractivity (Wildman–Crippen MR) is 144 cm³/mol. The van der Waals surface area contributed by atoms with Gasteiger partial charge in [-0.1, -0.05) is 24.6 Å². The Hall–Kier alpha value is -3.58. The fourth-order valence-corrected chi connectivity index (χ4v) is 4.91. The Balaban J connectivity index is 1.22. The number of nitrogens with one attached hydrogen (secondary N) is 2. The minimum absolute atomic E-state index is 0.00431. The van der Waals surface area contributed by atoms with E-state index in [0.717, 1.165) is 41.7 Å². The standard InChI is InChI=1S/C29H34N6O/c1-4-35-19-26-28(35)33-27(17-30-26)31-21(3)22-9-8-10-25(16-22)32-29(36)23-11-12-24(20(2)15-23)18-34-13-6-5-7-14-34/h8-12,15-17,19,21H,4-7,13-14,18H2,1-3H3,(H,32,36)/p+1. The molecule has 1 unspecified atom stereocenters. The highest BCUT2D eigenvalue weighted by Gasteiger charge is 2.28. The van der Waals surface area contributed by atoms with Gasteiger partial charge in [0, 0.05) is 17.8 Å². The Labute approximate surface area is 213 Å². The van der Waals surface area contributed by atoms with E-state index in [4.69, 9.17) is 0 Å². The highest BCUT2D eigenvalue weighted by Crippen LogP contribution is 2.25. The lowest BCUT2D eigenvalue weighted by atomic mass is 10.0. The molecule has 0 radical (unpaired) electrons. The van der Waals surface area contributed by atoms with E-state index in [0.29, 0.717) is 5.56 Å². The molecule has 7 nitrogen and oxygen atoms in total. The fraction of sp³-hybridized carbons (Fsp3) is 0.379. The van der Waals surface area contributed by atoms with Crippen LogP contribution in [-0.4, -0.2) is 51.2 Å². The third kappa shape index (κ3) is 5.31. The lowest BCUT2D eigenvalue weighted by Gasteiger charge is -2.27. The van der Waals surface area contributed by atoms with Crippen molar-refractivity contribution in [3.05, 3.63) is 76.6 Å². The Morgan fingerprint density at radius 1 is 1.14 bits per heavy atom. The monoisotopic (exact) mass is 483 g/mol. The van der Waals surface area contributed by atoms with Crippen molar-refractivity contribution in [3.63, 3.8) is 0 Å². The molecule has 0 aliphatic carbocycles. The van der Waals surface area contributed by atoms with Gasteiger partial charge in [-0.25, -0.2) is 9.56 Å². The number of carbonyl (C=O) groups is 1. The first-order chi connectivity index (χ1) is 17.5. The van der Waals surface area contributed by atoms with Crippen LogP contribution >= 0.6 is 0 Å². The summed E-state index contributed by atoms with van der Waals surface area (Å²) >= 11 is 0. The Morgan fingerprint density at radius 3 is 2.75 bits per heavy atom. The summed E-state index contributed by atoms with van der Waals surface area (Å²) in [5.74, 6) is 1.56. The summed E-state index contributed by atoms with van der Waals surface area (Å²) in [7, 11) is 0. The van der Waals surface area contributed by atoms with Crippen molar-refractivity contribution >= 4 is 29.4 Å². The Morgan fingerprint density at radius 2 is 1.97 bits per heavy atom. The van der Waals surface area contributed by atoms with Gasteiger partial charge >= 0.3 is 5.82 Å². The number of amides is 1. The van der Waals surface area contributed by atoms with Crippen molar-refractivity contribution in [2.24, 2.45) is 0 Å². The SMILES string of the molecule is CC[N+]1=Cc2ncc(NC(C)c3cccc(NC(=O)c4ccc(CN5CCCCC5)c(C)c4)c3)nc21. The molecule has 1 fully saturated rings. The predicted octanol–water partition coefficient (Wildman–Crippen LogP) is 5.29. The third-order valence-electron chi connectivity index (χ3n) is 7.13. The Bertz CT molecular complexity index is 1290. The van der Waals surface area contributed by atoms with Crippen molar-refractivity contribution in [3.8, 4) is 0 Å². The van der Waals surface area contributed by atoms with E-state index >= 15 is 0 Å². The van der Waals surface area contributed by atoms with E-state index in [1.165, 1.54) is 43.5 Å². The molecule has 36 heavy (non-hydrogen) atoms. The van der Waals surface area contributed by atoms with Crippen molar-refractivity contribution < 1.29 is 9.37 Å². The molecular weight excluding hydrogens is 448 g/mol. The first-order valence-corrected chi connectivity index (χ1v) is 13.0. The molecule has 3 heterocycles. The quantitative estimate of drug-likeness (QED) is 0.426. The summed E-state index contributed by atoms with van der Waals surface area (Å²) in [6.07, 6.45) is 7.67. The van der Waals surface area contributed by atoms with E-state index in [1.807, 2.05) is 42.6 Å². The first-order valence-electron chi connectivity index (χ1n) is 13.0. The van der Waals surface area contributed by atoms with Crippen molar-refractivity contribution in [2.45, 2.75) is 52.6 Å². The van der Waals surface area contributed by atoms with Gasteiger partial charge in [0.15, 0.2) is 5.69 Å². The first kappa shape index (κ1) is 24.1. The molecule has 2 N–H and O–H groups in total. The smallest absolute Gasteiger partial charge is 0.342 e. The van der Waals surface area contributed by atoms with Crippen LogP contribution in [0.5, 0.6) is 0 Å². The lowest BCUT2D eigenvalue weighted by Crippen LogP contribution is -2.29. The number of aryl methyl sites for hydroxylation is 1. The number of fused-ring (bicyclic) bond motifs is 1. The van der Waals surface area contributed by atoms with Gasteiger partial charge < -0.3 is 10.6 Å². The number of hydrogen-bond acceptors (Lipinski definition) is 5. The molecule has 0 bridgehead atoms. The Kier molecular flexibility index (Phi) is 7.09. The van der Waals surface area contributed by atoms with Gasteiger partial charge in [0.25, 0.3) is 11.7 Å². The van der Waals surface area contributed by atoms with Crippen molar-refractivity contribution in [1.82, 2.24) is 14.9 Å². The molecule has 2 aliphatic rings. The number of benzene rings is 2. The lowest BCUT2D eigenvalue weighted by molar-refractivity contribution is -0.447. The largest absolute Gasteiger partial charge is 0.355 e. The second kappa shape index (κ2) is 10.6. The summed E-state index contributed by atoms with van der Waals surface area (Å²) < 4.78 is 2.08. The number of rotatable bonds is 8. The van der Waals surface area contributed by atoms with Crippen LogP contribution in [0.15, 0.2) is 48.7 Å². The van der Waals surface area contributed by atoms with E-state index in [9.17, 15) is 4.79 Å². The molecule has 3 aromatic rings. The van der Waals surface area contributed by atoms with Crippen LogP contribution in [0.2, 0.25) is 0 Å². The van der Waals surface area contributed by atoms with Gasteiger partial charge in [-0.15, -0.1) is 0 Å². The van der Waals surface area contributed by atoms with Gasteiger partial charge in [0.2, 0.25) is 0 Å². The maximum Gasteiger partial charge on any atom is 0.355 e. The number of likely N-dealkylation sites (tertiary alicyclic amines) is 1. The van der Waals surface area contributed by atoms with Gasteiger partial charge in [0.05, 0.1) is 18.8 Å². The normalized spacial score (nSPS) is 15.9. The molecule has 2 aromatic carbocycles. The summed E-state index contributed by atoms with van der Waals surface area (Å²) in [5, 5.41) is 6.50. The molecule has 0 spiro atoms. The summed E-state index contributed by atoms with van der Waals surface area (Å²) in [6.45, 7) is 10.4. The average molecular weight is 484 g/mol. The van der Waals surface area contributed by atoms with E-state index in [1.54, 1.807) is 6.20 Å². The molecule has 7 heteroatoms. The van der Waals surface area contributed by atoms with Gasteiger partial charge in [-0.05, 0) is 92.6 Å². The minimum atomic E-state index is -0.0930. The highest BCUT2D eigenvalue weighted by molar-refractivity contribution is 6.04. The van der Waals surface area contributed by atoms with Gasteiger partial charge in [-0.2, -0.15) is 0 Å². The molecular formula is C29H35N6O+. The zero-order valence-electron chi connectivity index (χ0n) is 21.4. The minimum Gasteiger partial charge on any atom is -0.342 e. The molecule has 2 aliphatic heterocycles. The molecule has 186 valence electrons. The van der Waals surface area contributed by atoms with Crippen molar-refractivity contribution in [2.75, 3.05) is 30.3 Å². The highest BCUT2D eigenvalue weighted by atomic mass is 16.1. The van der Waals surface area contributed by atoms with Gasteiger partial charge in [0.1, 0.15) is 6.21 Å². The van der Waals surface area contributed by atoms with Crippen LogP contribution in [-0.2, 0) is 6.54 Å². The fourth-order valence-electron chi connectivity index (χ4n) is 4.91. The van der Waals surface area contributed by atoms with E-state index < -0.39 is 0 Å². The molecule has 1 saturated heterocycles. The van der Waals surface area contributed by atoms with Crippen LogP contribution < -0.4 is 10.6 Å². The summed E-state index contributed by atoms with van der Waals surface area (Å²) in [5.41, 5.74) is 5.91. The summed E-state index contributed by atoms with van der Waals surface area (Å²) in [6, 6.07) is 14.0. The zero-order chi connectivity index (χ0) is 25.1. The zero-order valence-corrected chi connectivity index (χ0v) is 21.4. The second-order valence-corrected chi connectivity index (χ2v) is 9.80. The molecule has 1 aromatic heterocycles. The summed E-state index contributed by atoms with van der Waals surface area (Å²) in [4.78, 5) is 24.7. The molecule has 1 atom stereocenters. The van der Waals surface area contributed by atoms with Crippen molar-refractivity contribution in [1.29, 1.82) is 0 Å². The van der Waals surface area contributed by atoms with E-state index in [-0.39, 0.29) is 11.9 Å². The molecule has 1 amide bonds. The second-order valence-electron chi connectivity index (χ2n) is 9.80. The number of carbonyl (C=O) groups excluding carboxylic acids is 1. The maximum absolute atomic E-state index is 13.0. The van der Waals surface area contributed by atoms with Crippen LogP contribution in [0.4, 0.5) is 17.3 Å². The van der Waals surface area contributed by atoms with Crippen LogP contribution in [0.1, 0.15) is 71.9 Å². The molecule has 0 saturated carbocycles. The number of nitrogens with zero attached hydrogens (tertiary/aromatic N) is 4. The van der Waals surface area contributed by atoms with Crippen LogP contribution in [0.3, 0.4) is 0 Å². The third-order valence-corrected chi connectivity index (χ3v) is 7.13. The number of hydrogen-bond donors (Lipinski definition) is 2. The number of piperidine rings is 1. The number of aromatic nitrogens is 2.